The highest BCUT2D eigenvalue weighted by atomic mass is 32.2. The second-order valence-corrected chi connectivity index (χ2v) is 21.6. The highest BCUT2D eigenvalue weighted by Gasteiger charge is 2.64. The van der Waals surface area contributed by atoms with Gasteiger partial charge in [-0.1, -0.05) is 36.3 Å². The van der Waals surface area contributed by atoms with Crippen LogP contribution in [0.15, 0.2) is 73.6 Å². The lowest BCUT2D eigenvalue weighted by molar-refractivity contribution is -0.135. The van der Waals surface area contributed by atoms with Gasteiger partial charge in [0.1, 0.15) is 17.4 Å². The summed E-state index contributed by atoms with van der Waals surface area (Å²) in [7, 11) is -3.37. The molecule has 0 bridgehead atoms. The summed E-state index contributed by atoms with van der Waals surface area (Å²) in [6.07, 6.45) is 4.39. The Bertz CT molecular complexity index is 3060. The number of urea groups is 1. The van der Waals surface area contributed by atoms with Crippen molar-refractivity contribution in [3.05, 3.63) is 126 Å². The number of aryl methyl sites for hydroxylation is 2. The molecular formula is C49H53FN8O8S. The first-order chi connectivity index (χ1) is 32.1. The van der Waals surface area contributed by atoms with Crippen LogP contribution in [-0.4, -0.2) is 94.0 Å². The second-order valence-electron chi connectivity index (χ2n) is 19.3. The molecule has 18 heteroatoms. The monoisotopic (exact) mass is 932 g/mol. The Morgan fingerprint density at radius 1 is 0.940 bits per heavy atom. The zero-order chi connectivity index (χ0) is 46.7. The van der Waals surface area contributed by atoms with E-state index in [9.17, 15) is 22.8 Å². The van der Waals surface area contributed by atoms with E-state index in [4.69, 9.17) is 14.2 Å². The molecule has 4 aliphatic heterocycles. The molecule has 2 saturated carbocycles. The molecule has 5 aromatic rings. The lowest BCUT2D eigenvalue weighted by Crippen LogP contribution is -2.54. The van der Waals surface area contributed by atoms with Crippen LogP contribution in [-0.2, 0) is 44.3 Å². The van der Waals surface area contributed by atoms with Crippen LogP contribution < -0.4 is 21.1 Å². The molecule has 3 amide bonds. The van der Waals surface area contributed by atoms with Gasteiger partial charge in [0.25, 0.3) is 5.56 Å². The van der Waals surface area contributed by atoms with Gasteiger partial charge in [-0.15, -0.1) is 0 Å². The van der Waals surface area contributed by atoms with Crippen molar-refractivity contribution in [1.29, 1.82) is 0 Å². The number of aromatic amines is 1. The number of rotatable bonds is 10. The third-order valence-electron chi connectivity index (χ3n) is 15.2. The Kier molecular flexibility index (Phi) is 10.4. The quantitative estimate of drug-likeness (QED) is 0.180. The molecule has 6 heterocycles. The number of amides is 3. The maximum atomic E-state index is 15.4. The summed E-state index contributed by atoms with van der Waals surface area (Å²) in [5, 5.41) is 3.84. The van der Waals surface area contributed by atoms with Gasteiger partial charge >= 0.3 is 11.8 Å². The van der Waals surface area contributed by atoms with Gasteiger partial charge in [0.05, 0.1) is 27.6 Å². The Labute approximate surface area is 386 Å². The summed E-state index contributed by atoms with van der Waals surface area (Å²) in [5.41, 5.74) is 4.49. The van der Waals surface area contributed by atoms with Crippen LogP contribution >= 0.6 is 0 Å². The number of sulfone groups is 1. The summed E-state index contributed by atoms with van der Waals surface area (Å²) in [4.78, 5) is 72.4. The maximum Gasteiger partial charge on any atom is 0.438 e. The van der Waals surface area contributed by atoms with Crippen molar-refractivity contribution in [3.8, 4) is 5.69 Å². The van der Waals surface area contributed by atoms with E-state index < -0.39 is 50.6 Å². The van der Waals surface area contributed by atoms with Gasteiger partial charge in [0.2, 0.25) is 11.9 Å². The summed E-state index contributed by atoms with van der Waals surface area (Å²) < 4.78 is 52.9. The molecule has 6 aliphatic rings. The Morgan fingerprint density at radius 3 is 2.31 bits per heavy atom. The maximum absolute atomic E-state index is 15.4. The molecule has 67 heavy (non-hydrogen) atoms. The molecule has 3 aromatic carbocycles. The first kappa shape index (κ1) is 43.4. The van der Waals surface area contributed by atoms with Crippen molar-refractivity contribution in [2.75, 3.05) is 42.6 Å². The van der Waals surface area contributed by atoms with Crippen LogP contribution in [0, 0.1) is 25.6 Å². The summed E-state index contributed by atoms with van der Waals surface area (Å²) in [5.74, 6) is -0.416. The molecule has 4 atom stereocenters. The van der Waals surface area contributed by atoms with E-state index in [1.54, 1.807) is 60.0 Å². The minimum absolute atomic E-state index is 0.0333. The number of H-pyrrole nitrogens is 1. The standard InChI is InChI=1S/C49H53FN8O8S/c1-27-21-35(22-28(2)41(27)50)57-43(59)38-13-16-55(30(4)42(38)51-46(57)56-18-17-54(48(56)62)26-31-5-8-36(9-6-31)67(63,64)37-10-11-37)44(60)40-24-34-23-33(32-14-19-65-20-15-32)7-12-39(34)58(40)49(25-29(49)3)45-52-47(61)66-53-45/h5-9,12,21-23,29-30,32,37,40H,10-11,13-20,24-26H2,1-4H3,(H,52,53,61)/t29-,30-,40?,49-/m0/s1. The van der Waals surface area contributed by atoms with Crippen molar-refractivity contribution < 1.29 is 31.7 Å². The smallest absolute Gasteiger partial charge is 0.381 e. The van der Waals surface area contributed by atoms with Gasteiger partial charge in [-0.05, 0) is 129 Å². The molecule has 1 unspecified atom stereocenters. The average Bonchev–Trinajstić information content (AvgIpc) is 4.16. The van der Waals surface area contributed by atoms with E-state index in [2.05, 4.69) is 40.2 Å². The van der Waals surface area contributed by atoms with Crippen molar-refractivity contribution in [2.24, 2.45) is 5.92 Å². The number of halogens is 1. The van der Waals surface area contributed by atoms with Crippen molar-refractivity contribution in [1.82, 2.24) is 29.5 Å². The molecule has 1 N–H and O–H groups in total. The molecule has 11 rings (SSSR count). The molecule has 2 saturated heterocycles. The molecule has 2 aromatic heterocycles. The van der Waals surface area contributed by atoms with E-state index in [-0.39, 0.29) is 54.0 Å². The Morgan fingerprint density at radius 2 is 1.66 bits per heavy atom. The third-order valence-corrected chi connectivity index (χ3v) is 17.4. The number of anilines is 2. The molecule has 4 fully saturated rings. The first-order valence-corrected chi connectivity index (χ1v) is 24.9. The normalized spacial score (nSPS) is 24.1. The van der Waals surface area contributed by atoms with Gasteiger partial charge < -0.3 is 19.4 Å². The Balaban J connectivity index is 0.943. The summed E-state index contributed by atoms with van der Waals surface area (Å²) >= 11 is 0. The molecule has 2 aliphatic carbocycles. The number of nitrogens with one attached hydrogen (secondary N) is 1. The predicted octanol–water partition coefficient (Wildman–Crippen LogP) is 5.75. The number of benzene rings is 3. The van der Waals surface area contributed by atoms with Gasteiger partial charge in [-0.25, -0.2) is 31.9 Å². The number of carbonyl (C=O) groups excluding carboxylic acids is 2. The number of fused-ring (bicyclic) bond motifs is 2. The number of aromatic nitrogens is 4. The minimum atomic E-state index is -3.37. The highest BCUT2D eigenvalue weighted by Crippen LogP contribution is 2.60. The van der Waals surface area contributed by atoms with E-state index in [1.165, 1.54) is 15.0 Å². The van der Waals surface area contributed by atoms with E-state index in [0.29, 0.717) is 85.3 Å². The number of hydrogen-bond donors (Lipinski definition) is 1. The summed E-state index contributed by atoms with van der Waals surface area (Å²) in [6.45, 7) is 9.47. The molecule has 0 radical (unpaired) electrons. The molecule has 350 valence electrons. The number of ether oxygens (including phenoxy) is 1. The zero-order valence-electron chi connectivity index (χ0n) is 38.0. The van der Waals surface area contributed by atoms with Crippen molar-refractivity contribution >= 4 is 33.4 Å². The third kappa shape index (κ3) is 7.11. The van der Waals surface area contributed by atoms with Crippen molar-refractivity contribution in [2.45, 2.75) is 113 Å². The van der Waals surface area contributed by atoms with Gasteiger partial charge in [0, 0.05) is 57.1 Å². The van der Waals surface area contributed by atoms with Crippen LogP contribution in [0.1, 0.15) is 103 Å². The SMILES string of the molecule is Cc1cc(-n2c(N3CCN(Cc4ccc(S(=O)(=O)C5CC5)cc4)C3=O)nc3c(c2=O)CCN(C(=O)C2Cc4cc(C5CCOCC5)ccc4N2[C@@]2(c4noc(=O)[nH]4)C[C@@H]2C)[C@H]3C)cc(C)c1F. The van der Waals surface area contributed by atoms with Gasteiger partial charge in [0.15, 0.2) is 15.7 Å². The summed E-state index contributed by atoms with van der Waals surface area (Å²) in [6, 6.07) is 14.5. The van der Waals surface area contributed by atoms with Crippen molar-refractivity contribution in [3.63, 3.8) is 0 Å². The lowest BCUT2D eigenvalue weighted by Gasteiger charge is -2.41. The van der Waals surface area contributed by atoms with E-state index >= 15 is 9.18 Å². The van der Waals surface area contributed by atoms with Gasteiger partial charge in [-0.2, -0.15) is 0 Å². The van der Waals surface area contributed by atoms with Crippen LogP contribution in [0.2, 0.25) is 0 Å². The average molecular weight is 933 g/mol. The Hall–Kier alpha value is -6.14. The molecule has 0 spiro atoms. The van der Waals surface area contributed by atoms with Crippen LogP contribution in [0.5, 0.6) is 0 Å². The number of carbonyl (C=O) groups is 2. The lowest BCUT2D eigenvalue weighted by atomic mass is 9.90. The topological polar surface area (TPSA) is 184 Å². The van der Waals surface area contributed by atoms with Crippen LogP contribution in [0.3, 0.4) is 0 Å². The number of hydrogen-bond acceptors (Lipinski definition) is 11. The largest absolute Gasteiger partial charge is 0.438 e. The fourth-order valence-electron chi connectivity index (χ4n) is 11.2. The van der Waals surface area contributed by atoms with Crippen LogP contribution in [0.25, 0.3) is 5.69 Å². The van der Waals surface area contributed by atoms with Crippen LogP contribution in [0.4, 0.5) is 20.8 Å². The highest BCUT2D eigenvalue weighted by molar-refractivity contribution is 7.92. The zero-order valence-corrected chi connectivity index (χ0v) is 38.8. The number of nitrogens with zero attached hydrogens (tertiary/aromatic N) is 7. The van der Waals surface area contributed by atoms with E-state index in [1.807, 2.05) is 6.92 Å². The first-order valence-electron chi connectivity index (χ1n) is 23.3. The minimum Gasteiger partial charge on any atom is -0.381 e. The van der Waals surface area contributed by atoms with Gasteiger partial charge in [-0.3, -0.25) is 24.0 Å². The fourth-order valence-corrected chi connectivity index (χ4v) is 12.9. The molecular weight excluding hydrogens is 880 g/mol. The fraction of sp³-hybridized carbons (Fsp3) is 0.469. The predicted molar refractivity (Wildman–Crippen MR) is 245 cm³/mol. The molecule has 16 nitrogen and oxygen atoms in total. The van der Waals surface area contributed by atoms with E-state index in [0.717, 1.165) is 29.7 Å². The second kappa shape index (κ2) is 16.0.